The highest BCUT2D eigenvalue weighted by Crippen LogP contribution is 2.33. The zero-order valence-corrected chi connectivity index (χ0v) is 44.5. The number of aliphatic hydroxyl groups excluding tert-OH is 11. The number of carbonyl (C=O) groups excluding carboxylic acids is 1. The van der Waals surface area contributed by atoms with E-state index in [0.717, 1.165) is 70.6 Å². The molecular formula is C56H95NO18. The molecule has 0 aromatic carbocycles. The Kier molecular flexibility index (Phi) is 35.1. The molecule has 17 unspecified atom stereocenters. The van der Waals surface area contributed by atoms with E-state index in [1.165, 1.54) is 38.5 Å². The Labute approximate surface area is 445 Å². The van der Waals surface area contributed by atoms with Crippen molar-refractivity contribution in [2.45, 2.75) is 247 Å². The first-order valence-corrected chi connectivity index (χ1v) is 27.7. The largest absolute Gasteiger partial charge is 0.394 e. The third kappa shape index (κ3) is 24.4. The van der Waals surface area contributed by atoms with Gasteiger partial charge in [-0.2, -0.15) is 0 Å². The maximum absolute atomic E-state index is 13.3. The van der Waals surface area contributed by atoms with Gasteiger partial charge in [-0.05, 0) is 70.6 Å². The number of hydrogen-bond donors (Lipinski definition) is 12. The van der Waals surface area contributed by atoms with Crippen LogP contribution >= 0.6 is 0 Å². The van der Waals surface area contributed by atoms with Crippen LogP contribution in [-0.2, 0) is 33.2 Å². The summed E-state index contributed by atoms with van der Waals surface area (Å²) in [6.07, 6.45) is 17.5. The highest BCUT2D eigenvalue weighted by Gasteiger charge is 2.53. The van der Waals surface area contributed by atoms with E-state index in [2.05, 4.69) is 79.9 Å². The highest BCUT2D eigenvalue weighted by molar-refractivity contribution is 5.76. The van der Waals surface area contributed by atoms with Gasteiger partial charge >= 0.3 is 0 Å². The van der Waals surface area contributed by atoms with Gasteiger partial charge in [0.2, 0.25) is 5.91 Å². The number of aliphatic hydroxyl groups is 11. The molecule has 3 aliphatic rings. The first kappa shape index (κ1) is 66.5. The maximum atomic E-state index is 13.3. The first-order chi connectivity index (χ1) is 36.3. The molecule has 12 N–H and O–H groups in total. The van der Waals surface area contributed by atoms with E-state index >= 15 is 0 Å². The fraction of sp³-hybridized carbons (Fsp3) is 0.768. The molecule has 3 heterocycles. The van der Waals surface area contributed by atoms with Crippen molar-refractivity contribution in [1.29, 1.82) is 0 Å². The average molecular weight is 1070 g/mol. The molecule has 17 atom stereocenters. The zero-order chi connectivity index (χ0) is 54.8. The van der Waals surface area contributed by atoms with Crippen LogP contribution < -0.4 is 5.32 Å². The number of ether oxygens (including phenoxy) is 6. The van der Waals surface area contributed by atoms with Crippen molar-refractivity contribution >= 4 is 5.91 Å². The minimum atomic E-state index is -1.98. The Morgan fingerprint density at radius 2 is 0.933 bits per heavy atom. The van der Waals surface area contributed by atoms with Gasteiger partial charge in [-0.15, -0.1) is 0 Å². The summed E-state index contributed by atoms with van der Waals surface area (Å²) in [4.78, 5) is 13.3. The monoisotopic (exact) mass is 1070 g/mol. The minimum Gasteiger partial charge on any atom is -0.394 e. The number of unbranched alkanes of at least 4 members (excludes halogenated alkanes) is 12. The Morgan fingerprint density at radius 1 is 0.493 bits per heavy atom. The number of nitrogens with one attached hydrogen (secondary N) is 1. The van der Waals surface area contributed by atoms with Gasteiger partial charge in [-0.3, -0.25) is 4.79 Å². The summed E-state index contributed by atoms with van der Waals surface area (Å²) >= 11 is 0. The Morgan fingerprint density at radius 3 is 1.49 bits per heavy atom. The lowest BCUT2D eigenvalue weighted by atomic mass is 9.96. The molecule has 432 valence electrons. The number of allylic oxidation sites excluding steroid dienone is 11. The number of amides is 1. The van der Waals surface area contributed by atoms with Crippen LogP contribution in [0.5, 0.6) is 0 Å². The van der Waals surface area contributed by atoms with Crippen LogP contribution in [-0.4, -0.2) is 193 Å². The van der Waals surface area contributed by atoms with Crippen molar-refractivity contribution in [3.8, 4) is 0 Å². The standard InChI is InChI=1S/C56H95NO18/c1-3-5-7-9-11-13-15-17-18-19-20-22-24-26-28-30-32-34-44(62)57-39(40(61)33-31-29-27-25-23-21-16-14-12-10-8-6-4-2)38-70-54-50(68)47(65)52(42(36-59)72-54)75-56-51(69)48(66)53(43(37-60)73-56)74-55-49(67)46(64)45(63)41(35-58)71-55/h5,7,11,13,17-18,20,22-23,25,31,33,39-43,45-56,58-61,63-69H,3-4,6,8-10,12,14-16,19,21,24,26-30,32,34-38H2,1-2H3,(H,57,62)/b7-5-,13-11-,18-17-,22-20-,25-23+,33-31+. The van der Waals surface area contributed by atoms with Gasteiger partial charge in [0.05, 0.1) is 38.6 Å². The first-order valence-electron chi connectivity index (χ1n) is 27.7. The Bertz CT molecular complexity index is 1660. The molecule has 0 aromatic rings. The fourth-order valence-electron chi connectivity index (χ4n) is 8.90. The fourth-order valence-corrected chi connectivity index (χ4v) is 8.90. The van der Waals surface area contributed by atoms with Gasteiger partial charge in [-0.1, -0.05) is 138 Å². The molecule has 0 saturated carbocycles. The number of hydrogen-bond acceptors (Lipinski definition) is 18. The lowest BCUT2D eigenvalue weighted by Gasteiger charge is -2.48. The second-order valence-electron chi connectivity index (χ2n) is 19.7. The van der Waals surface area contributed by atoms with Crippen molar-refractivity contribution < 1.29 is 89.4 Å². The molecule has 0 bridgehead atoms. The molecule has 0 radical (unpaired) electrons. The predicted molar refractivity (Wildman–Crippen MR) is 281 cm³/mol. The van der Waals surface area contributed by atoms with Crippen molar-refractivity contribution in [3.05, 3.63) is 72.9 Å². The lowest BCUT2D eigenvalue weighted by Crippen LogP contribution is -2.66. The smallest absolute Gasteiger partial charge is 0.220 e. The van der Waals surface area contributed by atoms with Gasteiger partial charge in [0.15, 0.2) is 18.9 Å². The molecule has 3 rings (SSSR count). The molecule has 1 amide bonds. The summed E-state index contributed by atoms with van der Waals surface area (Å²) in [6, 6.07) is -1.00. The zero-order valence-electron chi connectivity index (χ0n) is 44.5. The highest BCUT2D eigenvalue weighted by atomic mass is 16.8. The minimum absolute atomic E-state index is 0.203. The van der Waals surface area contributed by atoms with Crippen LogP contribution in [0.25, 0.3) is 0 Å². The van der Waals surface area contributed by atoms with E-state index in [1.807, 2.05) is 6.08 Å². The maximum Gasteiger partial charge on any atom is 0.220 e. The summed E-state index contributed by atoms with van der Waals surface area (Å²) in [6.45, 7) is 1.51. The number of carbonyl (C=O) groups is 1. The van der Waals surface area contributed by atoms with Gasteiger partial charge in [0.25, 0.3) is 0 Å². The molecule has 0 aliphatic carbocycles. The van der Waals surface area contributed by atoms with Crippen molar-refractivity contribution in [1.82, 2.24) is 5.32 Å². The second-order valence-corrected chi connectivity index (χ2v) is 19.7. The summed E-state index contributed by atoms with van der Waals surface area (Å²) in [5.41, 5.74) is 0. The van der Waals surface area contributed by atoms with Crippen LogP contribution in [0.4, 0.5) is 0 Å². The Balaban J connectivity index is 1.56. The molecule has 3 aliphatic heterocycles. The summed E-state index contributed by atoms with van der Waals surface area (Å²) in [7, 11) is 0. The molecule has 3 fully saturated rings. The topological polar surface area (TPSA) is 307 Å². The molecule has 19 nitrogen and oxygen atoms in total. The second kappa shape index (κ2) is 39.6. The van der Waals surface area contributed by atoms with E-state index in [-0.39, 0.29) is 18.9 Å². The molecule has 3 saturated heterocycles. The van der Waals surface area contributed by atoms with Crippen molar-refractivity contribution in [2.75, 3.05) is 26.4 Å². The third-order valence-corrected chi connectivity index (χ3v) is 13.5. The lowest BCUT2D eigenvalue weighted by molar-refractivity contribution is -0.379. The third-order valence-electron chi connectivity index (χ3n) is 13.5. The predicted octanol–water partition coefficient (Wildman–Crippen LogP) is 3.48. The van der Waals surface area contributed by atoms with Gasteiger partial charge in [0, 0.05) is 6.42 Å². The Hall–Kier alpha value is -2.77. The summed E-state index contributed by atoms with van der Waals surface area (Å²) in [5, 5.41) is 120. The van der Waals surface area contributed by atoms with Crippen LogP contribution in [0, 0.1) is 0 Å². The van der Waals surface area contributed by atoms with Gasteiger partial charge < -0.3 is 89.9 Å². The SMILES string of the molecule is CC/C=C\C/C=C\C/C=C\C/C=C\CCCCCCC(=O)NC(COC1OC(CO)C(OC2OC(CO)C(OC3OC(CO)C(O)C(O)C3O)C(O)C2O)C(O)C1O)C(O)/C=C/CC/C=C/CCCCCCCCC. The normalized spacial score (nSPS) is 31.8. The van der Waals surface area contributed by atoms with Crippen LogP contribution in [0.3, 0.4) is 0 Å². The van der Waals surface area contributed by atoms with E-state index < -0.39 is 124 Å². The van der Waals surface area contributed by atoms with E-state index in [9.17, 15) is 61.0 Å². The molecule has 0 spiro atoms. The van der Waals surface area contributed by atoms with Gasteiger partial charge in [-0.25, -0.2) is 0 Å². The quantitative estimate of drug-likeness (QED) is 0.0311. The van der Waals surface area contributed by atoms with E-state index in [0.29, 0.717) is 12.8 Å². The van der Waals surface area contributed by atoms with Crippen LogP contribution in [0.2, 0.25) is 0 Å². The van der Waals surface area contributed by atoms with Crippen molar-refractivity contribution in [3.63, 3.8) is 0 Å². The van der Waals surface area contributed by atoms with E-state index in [4.69, 9.17) is 28.4 Å². The van der Waals surface area contributed by atoms with Crippen LogP contribution in [0.15, 0.2) is 72.9 Å². The van der Waals surface area contributed by atoms with Crippen molar-refractivity contribution in [2.24, 2.45) is 0 Å². The molecule has 19 heteroatoms. The summed E-state index contributed by atoms with van der Waals surface area (Å²) in [5.74, 6) is -0.314. The molecule has 75 heavy (non-hydrogen) atoms. The molecular weight excluding hydrogens is 975 g/mol. The van der Waals surface area contributed by atoms with Crippen LogP contribution in [0.1, 0.15) is 142 Å². The van der Waals surface area contributed by atoms with E-state index in [1.54, 1.807) is 6.08 Å². The average Bonchev–Trinajstić information content (AvgIpc) is 3.41. The number of rotatable bonds is 38. The molecule has 0 aromatic heterocycles. The summed E-state index contributed by atoms with van der Waals surface area (Å²) < 4.78 is 34.1. The van der Waals surface area contributed by atoms with Gasteiger partial charge in [0.1, 0.15) is 73.2 Å².